The first-order valence-corrected chi connectivity index (χ1v) is 15.6. The maximum atomic E-state index is 13.3. The Kier molecular flexibility index (Phi) is 8.56. The summed E-state index contributed by atoms with van der Waals surface area (Å²) in [5, 5.41) is 6.95. The number of hydrogen-bond donors (Lipinski definition) is 2. The van der Waals surface area contributed by atoms with E-state index in [1.165, 1.54) is 39.9 Å². The number of carbonyl (C=O) groups is 2. The highest BCUT2D eigenvalue weighted by Gasteiger charge is 2.42. The maximum Gasteiger partial charge on any atom is 0.341 e. The lowest BCUT2D eigenvalue weighted by atomic mass is 9.81. The molecule has 1 aliphatic heterocycles. The number of hydrogen-bond acceptors (Lipinski definition) is 7. The number of esters is 1. The Morgan fingerprint density at radius 2 is 1.68 bits per heavy atom. The molecule has 0 atom stereocenters. The molecule has 0 saturated heterocycles. The van der Waals surface area contributed by atoms with Crippen LogP contribution in [0, 0.1) is 0 Å². The van der Waals surface area contributed by atoms with E-state index in [2.05, 4.69) is 38.3 Å². The Morgan fingerprint density at radius 3 is 2.27 bits per heavy atom. The van der Waals surface area contributed by atoms with Gasteiger partial charge in [-0.25, -0.2) is 13.2 Å². The monoisotopic (exact) mass is 583 g/mol. The second-order valence-electron chi connectivity index (χ2n) is 11.0. The molecule has 0 spiro atoms. The summed E-state index contributed by atoms with van der Waals surface area (Å²) in [5.74, 6) is -0.905. The van der Waals surface area contributed by atoms with E-state index in [1.807, 2.05) is 30.3 Å². The standard InChI is InChI=1S/C30H37N3O5S2/c1-7-33(19-20-12-10-9-11-13-20)40(36,37)22-16-14-21(15-17-22)26(34)31-27-24(28(35)38-8-2)23-18-29(3,4)32-30(5,6)25(23)39-27/h9-17,32H,7-8,18-19H2,1-6H3,(H,31,34). The van der Waals surface area contributed by atoms with Crippen LogP contribution in [0.2, 0.25) is 0 Å². The molecule has 0 bridgehead atoms. The van der Waals surface area contributed by atoms with Crippen LogP contribution < -0.4 is 10.6 Å². The van der Waals surface area contributed by atoms with E-state index in [4.69, 9.17) is 4.74 Å². The quantitative estimate of drug-likeness (QED) is 0.320. The smallest absolute Gasteiger partial charge is 0.341 e. The van der Waals surface area contributed by atoms with Crippen LogP contribution in [0.5, 0.6) is 0 Å². The van der Waals surface area contributed by atoms with Crippen LogP contribution in [0.4, 0.5) is 5.00 Å². The third-order valence-electron chi connectivity index (χ3n) is 6.86. The zero-order chi connectivity index (χ0) is 29.3. The Balaban J connectivity index is 1.60. The lowest BCUT2D eigenvalue weighted by Gasteiger charge is -2.42. The van der Waals surface area contributed by atoms with Crippen LogP contribution in [0.3, 0.4) is 0 Å². The van der Waals surface area contributed by atoms with Crippen molar-refractivity contribution < 1.29 is 22.7 Å². The Labute approximate surface area is 240 Å². The Bertz CT molecular complexity index is 1490. The Morgan fingerprint density at radius 1 is 1.02 bits per heavy atom. The van der Waals surface area contributed by atoms with Gasteiger partial charge in [0.15, 0.2) is 0 Å². The van der Waals surface area contributed by atoms with E-state index >= 15 is 0 Å². The van der Waals surface area contributed by atoms with Crippen molar-refractivity contribution >= 4 is 38.2 Å². The number of carbonyl (C=O) groups excluding carboxylic acids is 2. The molecule has 40 heavy (non-hydrogen) atoms. The predicted molar refractivity (Wildman–Crippen MR) is 158 cm³/mol. The number of nitrogens with zero attached hydrogens (tertiary/aromatic N) is 1. The SMILES string of the molecule is CCOC(=O)c1c(NC(=O)c2ccc(S(=O)(=O)N(CC)Cc3ccccc3)cc2)sc2c1CC(C)(C)NC2(C)C. The first-order chi connectivity index (χ1) is 18.8. The summed E-state index contributed by atoms with van der Waals surface area (Å²) in [6.45, 7) is 12.6. The minimum Gasteiger partial charge on any atom is -0.462 e. The fourth-order valence-corrected chi connectivity index (χ4v) is 7.99. The molecule has 1 aromatic heterocycles. The second-order valence-corrected chi connectivity index (χ2v) is 14.0. The van der Waals surface area contributed by atoms with Crippen molar-refractivity contribution in [3.63, 3.8) is 0 Å². The van der Waals surface area contributed by atoms with Crippen molar-refractivity contribution in [2.24, 2.45) is 0 Å². The minimum atomic E-state index is -3.77. The second kappa shape index (κ2) is 11.4. The highest BCUT2D eigenvalue weighted by Crippen LogP contribution is 2.45. The summed E-state index contributed by atoms with van der Waals surface area (Å²) in [6.07, 6.45) is 0.607. The number of ether oxygens (including phenoxy) is 1. The number of sulfonamides is 1. The maximum absolute atomic E-state index is 13.3. The van der Waals surface area contributed by atoms with Crippen LogP contribution in [0.25, 0.3) is 0 Å². The molecule has 2 heterocycles. The largest absolute Gasteiger partial charge is 0.462 e. The number of thiophene rings is 1. The number of rotatable bonds is 9. The fraction of sp³-hybridized carbons (Fsp3) is 0.400. The molecule has 4 rings (SSSR count). The summed E-state index contributed by atoms with van der Waals surface area (Å²) in [7, 11) is -3.77. The molecule has 3 aromatic rings. The summed E-state index contributed by atoms with van der Waals surface area (Å²) in [5.41, 5.74) is 1.77. The molecule has 0 radical (unpaired) electrons. The molecular formula is C30H37N3O5S2. The van der Waals surface area contributed by atoms with E-state index in [1.54, 1.807) is 13.8 Å². The molecule has 0 unspecified atom stereocenters. The van der Waals surface area contributed by atoms with Crippen LogP contribution in [0.15, 0.2) is 59.5 Å². The van der Waals surface area contributed by atoms with E-state index in [0.29, 0.717) is 23.5 Å². The summed E-state index contributed by atoms with van der Waals surface area (Å²) in [4.78, 5) is 27.5. The number of benzene rings is 2. The molecule has 0 saturated carbocycles. The molecule has 2 aromatic carbocycles. The van der Waals surface area contributed by atoms with Gasteiger partial charge in [-0.3, -0.25) is 4.79 Å². The molecule has 214 valence electrons. The van der Waals surface area contributed by atoms with E-state index in [0.717, 1.165) is 16.0 Å². The number of fused-ring (bicyclic) bond motifs is 1. The van der Waals surface area contributed by atoms with Crippen LogP contribution in [-0.2, 0) is 33.3 Å². The van der Waals surface area contributed by atoms with Gasteiger partial charge in [-0.05, 0) is 76.4 Å². The van der Waals surface area contributed by atoms with Gasteiger partial charge in [0.1, 0.15) is 5.00 Å². The number of nitrogens with one attached hydrogen (secondary N) is 2. The average molecular weight is 584 g/mol. The van der Waals surface area contributed by atoms with Gasteiger partial charge in [0, 0.05) is 34.6 Å². The summed E-state index contributed by atoms with van der Waals surface area (Å²) >= 11 is 1.36. The van der Waals surface area contributed by atoms with E-state index < -0.39 is 27.4 Å². The molecule has 0 aliphatic carbocycles. The molecule has 8 nitrogen and oxygen atoms in total. The highest BCUT2D eigenvalue weighted by molar-refractivity contribution is 7.89. The van der Waals surface area contributed by atoms with Crippen LogP contribution in [-0.4, -0.2) is 43.3 Å². The number of amides is 1. The lowest BCUT2D eigenvalue weighted by Crippen LogP contribution is -2.55. The van der Waals surface area contributed by atoms with Crippen LogP contribution >= 0.6 is 11.3 Å². The number of anilines is 1. The highest BCUT2D eigenvalue weighted by atomic mass is 32.2. The third-order valence-corrected chi connectivity index (χ3v) is 10.3. The van der Waals surface area contributed by atoms with Gasteiger partial charge < -0.3 is 15.4 Å². The van der Waals surface area contributed by atoms with Gasteiger partial charge in [0.25, 0.3) is 5.91 Å². The molecule has 2 N–H and O–H groups in total. The average Bonchev–Trinajstić information content (AvgIpc) is 3.25. The van der Waals surface area contributed by atoms with Crippen molar-refractivity contribution in [3.8, 4) is 0 Å². The molecular weight excluding hydrogens is 546 g/mol. The van der Waals surface area contributed by atoms with Crippen molar-refractivity contribution in [3.05, 3.63) is 81.7 Å². The van der Waals surface area contributed by atoms with Crippen LogP contribution in [0.1, 0.15) is 78.3 Å². The summed E-state index contributed by atoms with van der Waals surface area (Å²) < 4.78 is 33.4. The molecule has 1 aliphatic rings. The third kappa shape index (κ3) is 6.15. The lowest BCUT2D eigenvalue weighted by molar-refractivity contribution is 0.0525. The molecule has 1 amide bonds. The predicted octanol–water partition coefficient (Wildman–Crippen LogP) is 5.55. The van der Waals surface area contributed by atoms with E-state index in [9.17, 15) is 18.0 Å². The fourth-order valence-electron chi connectivity index (χ4n) is 5.29. The first kappa shape index (κ1) is 29.9. The van der Waals surface area contributed by atoms with Gasteiger partial charge in [0.05, 0.1) is 17.1 Å². The van der Waals surface area contributed by atoms with Gasteiger partial charge in [-0.15, -0.1) is 11.3 Å². The molecule has 0 fully saturated rings. The van der Waals surface area contributed by atoms with Crippen molar-refractivity contribution in [2.45, 2.75) is 70.5 Å². The summed E-state index contributed by atoms with van der Waals surface area (Å²) in [6, 6.07) is 15.3. The normalized spacial score (nSPS) is 15.9. The molecule has 10 heteroatoms. The van der Waals surface area contributed by atoms with Gasteiger partial charge in [0.2, 0.25) is 10.0 Å². The van der Waals surface area contributed by atoms with E-state index in [-0.39, 0.29) is 29.1 Å². The van der Waals surface area contributed by atoms with Crippen molar-refractivity contribution in [1.82, 2.24) is 9.62 Å². The van der Waals surface area contributed by atoms with Gasteiger partial charge in [-0.2, -0.15) is 4.31 Å². The first-order valence-electron chi connectivity index (χ1n) is 13.4. The topological polar surface area (TPSA) is 105 Å². The van der Waals surface area contributed by atoms with Crippen molar-refractivity contribution in [1.29, 1.82) is 0 Å². The zero-order valence-electron chi connectivity index (χ0n) is 23.8. The Hall–Kier alpha value is -3.05. The minimum absolute atomic E-state index is 0.107. The van der Waals surface area contributed by atoms with Crippen molar-refractivity contribution in [2.75, 3.05) is 18.5 Å². The van der Waals surface area contributed by atoms with Gasteiger partial charge in [-0.1, -0.05) is 37.3 Å². The zero-order valence-corrected chi connectivity index (χ0v) is 25.5. The van der Waals surface area contributed by atoms with Gasteiger partial charge >= 0.3 is 5.97 Å².